The van der Waals surface area contributed by atoms with Crippen molar-refractivity contribution in [3.8, 4) is 0 Å². The van der Waals surface area contributed by atoms with E-state index in [1.54, 1.807) is 37.3 Å². The van der Waals surface area contributed by atoms with E-state index in [0.29, 0.717) is 16.8 Å². The van der Waals surface area contributed by atoms with Crippen molar-refractivity contribution in [2.45, 2.75) is 38.6 Å². The molecule has 0 aromatic heterocycles. The summed E-state index contributed by atoms with van der Waals surface area (Å²) in [6.45, 7) is 7.29. The third-order valence-electron chi connectivity index (χ3n) is 3.43. The van der Waals surface area contributed by atoms with Crippen LogP contribution in [0.4, 0.5) is 5.69 Å². The van der Waals surface area contributed by atoms with Crippen LogP contribution in [0, 0.1) is 13.8 Å². The molecule has 2 rings (SSSR count). The largest absolute Gasteiger partial charge is 0.350 e. The Balaban J connectivity index is 2.37. The molecule has 0 aliphatic heterocycles. The Bertz CT molecular complexity index is 858. The second-order valence-electron chi connectivity index (χ2n) is 6.08. The topological polar surface area (TPSA) is 75.3 Å². The molecule has 6 heteroatoms. The number of carbonyl (C=O) groups excluding carboxylic acids is 1. The molecular formula is C18H22N2O3S. The highest BCUT2D eigenvalue weighted by Crippen LogP contribution is 2.21. The molecule has 0 aliphatic carbocycles. The molecule has 0 heterocycles. The van der Waals surface area contributed by atoms with Crippen LogP contribution in [0.5, 0.6) is 0 Å². The van der Waals surface area contributed by atoms with Crippen LogP contribution < -0.4 is 10.0 Å². The number of amides is 1. The number of aryl methyl sites for hydroxylation is 2. The molecule has 24 heavy (non-hydrogen) atoms. The summed E-state index contributed by atoms with van der Waals surface area (Å²) < 4.78 is 27.9. The Morgan fingerprint density at radius 2 is 1.75 bits per heavy atom. The van der Waals surface area contributed by atoms with E-state index >= 15 is 0 Å². The van der Waals surface area contributed by atoms with Crippen LogP contribution in [0.3, 0.4) is 0 Å². The van der Waals surface area contributed by atoms with Gasteiger partial charge in [-0.25, -0.2) is 8.42 Å². The SMILES string of the molecule is Cc1cccc(NS(=O)(=O)c2cc(C(=O)NC(C)C)ccc2C)c1. The zero-order valence-electron chi connectivity index (χ0n) is 14.3. The number of nitrogens with one attached hydrogen (secondary N) is 2. The molecule has 0 spiro atoms. The van der Waals surface area contributed by atoms with Crippen molar-refractivity contribution in [2.75, 3.05) is 4.72 Å². The Morgan fingerprint density at radius 1 is 1.04 bits per heavy atom. The molecule has 2 aromatic carbocycles. The van der Waals surface area contributed by atoms with Crippen LogP contribution in [-0.2, 0) is 10.0 Å². The second kappa shape index (κ2) is 7.05. The summed E-state index contributed by atoms with van der Waals surface area (Å²) in [6, 6.07) is 11.8. The Labute approximate surface area is 143 Å². The van der Waals surface area contributed by atoms with Gasteiger partial charge in [0.25, 0.3) is 15.9 Å². The van der Waals surface area contributed by atoms with Crippen molar-refractivity contribution >= 4 is 21.6 Å². The lowest BCUT2D eigenvalue weighted by Crippen LogP contribution is -2.30. The third-order valence-corrected chi connectivity index (χ3v) is 4.95. The van der Waals surface area contributed by atoms with Gasteiger partial charge in [-0.2, -0.15) is 0 Å². The average Bonchev–Trinajstić information content (AvgIpc) is 2.46. The zero-order chi connectivity index (χ0) is 17.9. The van der Waals surface area contributed by atoms with E-state index in [4.69, 9.17) is 0 Å². The fraction of sp³-hybridized carbons (Fsp3) is 0.278. The van der Waals surface area contributed by atoms with Crippen molar-refractivity contribution in [3.63, 3.8) is 0 Å². The number of hydrogen-bond acceptors (Lipinski definition) is 3. The van der Waals surface area contributed by atoms with Gasteiger partial charge in [0.15, 0.2) is 0 Å². The summed E-state index contributed by atoms with van der Waals surface area (Å²) in [5.74, 6) is -0.294. The monoisotopic (exact) mass is 346 g/mol. The zero-order valence-corrected chi connectivity index (χ0v) is 15.1. The van der Waals surface area contributed by atoms with Crippen molar-refractivity contribution in [2.24, 2.45) is 0 Å². The maximum atomic E-state index is 12.7. The molecule has 0 atom stereocenters. The van der Waals surface area contributed by atoms with E-state index in [1.165, 1.54) is 6.07 Å². The van der Waals surface area contributed by atoms with Gasteiger partial charge >= 0.3 is 0 Å². The van der Waals surface area contributed by atoms with E-state index in [1.807, 2.05) is 26.8 Å². The molecule has 0 radical (unpaired) electrons. The highest BCUT2D eigenvalue weighted by Gasteiger charge is 2.19. The number of rotatable bonds is 5. The van der Waals surface area contributed by atoms with Gasteiger partial charge in [-0.3, -0.25) is 9.52 Å². The number of carbonyl (C=O) groups is 1. The van der Waals surface area contributed by atoms with Gasteiger partial charge in [-0.05, 0) is 63.1 Å². The Kier molecular flexibility index (Phi) is 5.29. The smallest absolute Gasteiger partial charge is 0.262 e. The molecule has 0 unspecified atom stereocenters. The third kappa shape index (κ3) is 4.35. The molecule has 2 aromatic rings. The molecule has 0 saturated carbocycles. The van der Waals surface area contributed by atoms with Crippen LogP contribution in [0.2, 0.25) is 0 Å². The second-order valence-corrected chi connectivity index (χ2v) is 7.73. The minimum atomic E-state index is -3.78. The molecule has 0 aliphatic rings. The lowest BCUT2D eigenvalue weighted by Gasteiger charge is -2.13. The number of sulfonamides is 1. The van der Waals surface area contributed by atoms with E-state index in [0.717, 1.165) is 5.56 Å². The van der Waals surface area contributed by atoms with E-state index in [9.17, 15) is 13.2 Å². The fourth-order valence-electron chi connectivity index (χ4n) is 2.30. The lowest BCUT2D eigenvalue weighted by atomic mass is 10.1. The molecule has 0 bridgehead atoms. The van der Waals surface area contributed by atoms with E-state index in [2.05, 4.69) is 10.0 Å². The molecule has 2 N–H and O–H groups in total. The predicted octanol–water partition coefficient (Wildman–Crippen LogP) is 3.24. The number of anilines is 1. The first kappa shape index (κ1) is 18.0. The van der Waals surface area contributed by atoms with Gasteiger partial charge in [0.2, 0.25) is 0 Å². The summed E-state index contributed by atoms with van der Waals surface area (Å²) in [7, 11) is -3.78. The quantitative estimate of drug-likeness (QED) is 0.873. The van der Waals surface area contributed by atoms with Gasteiger partial charge in [0.1, 0.15) is 0 Å². The van der Waals surface area contributed by atoms with Crippen molar-refractivity contribution in [1.82, 2.24) is 5.32 Å². The van der Waals surface area contributed by atoms with Gasteiger partial charge in [0, 0.05) is 17.3 Å². The molecule has 0 fully saturated rings. The highest BCUT2D eigenvalue weighted by atomic mass is 32.2. The van der Waals surface area contributed by atoms with Crippen LogP contribution in [0.25, 0.3) is 0 Å². The van der Waals surface area contributed by atoms with Crippen LogP contribution in [-0.4, -0.2) is 20.4 Å². The molecule has 1 amide bonds. The first-order chi connectivity index (χ1) is 11.2. The van der Waals surface area contributed by atoms with Crippen molar-refractivity contribution < 1.29 is 13.2 Å². The maximum absolute atomic E-state index is 12.7. The minimum absolute atomic E-state index is 0.0238. The number of hydrogen-bond donors (Lipinski definition) is 2. The van der Waals surface area contributed by atoms with Gasteiger partial charge < -0.3 is 5.32 Å². The lowest BCUT2D eigenvalue weighted by molar-refractivity contribution is 0.0943. The standard InChI is InChI=1S/C18H22N2O3S/c1-12(2)19-18(21)15-9-8-14(4)17(11-15)24(22,23)20-16-7-5-6-13(3)10-16/h5-12,20H,1-4H3,(H,19,21). The Morgan fingerprint density at radius 3 is 2.38 bits per heavy atom. The summed E-state index contributed by atoms with van der Waals surface area (Å²) in [5, 5.41) is 2.76. The van der Waals surface area contributed by atoms with Crippen LogP contribution >= 0.6 is 0 Å². The maximum Gasteiger partial charge on any atom is 0.262 e. The summed E-state index contributed by atoms with van der Waals surface area (Å²) in [4.78, 5) is 12.2. The van der Waals surface area contributed by atoms with Crippen LogP contribution in [0.1, 0.15) is 35.3 Å². The predicted molar refractivity (Wildman–Crippen MR) is 95.8 cm³/mol. The fourth-order valence-corrected chi connectivity index (χ4v) is 3.62. The van der Waals surface area contributed by atoms with Gasteiger partial charge in [0.05, 0.1) is 4.90 Å². The average molecular weight is 346 g/mol. The van der Waals surface area contributed by atoms with Crippen molar-refractivity contribution in [3.05, 3.63) is 59.2 Å². The summed E-state index contributed by atoms with van der Waals surface area (Å²) in [6.07, 6.45) is 0. The number of benzene rings is 2. The van der Waals surface area contributed by atoms with Gasteiger partial charge in [-0.1, -0.05) is 18.2 Å². The first-order valence-corrected chi connectivity index (χ1v) is 9.18. The molecule has 128 valence electrons. The summed E-state index contributed by atoms with van der Waals surface area (Å²) in [5.41, 5.74) is 2.35. The van der Waals surface area contributed by atoms with E-state index in [-0.39, 0.29) is 16.8 Å². The minimum Gasteiger partial charge on any atom is -0.350 e. The molecular weight excluding hydrogens is 324 g/mol. The first-order valence-electron chi connectivity index (χ1n) is 7.70. The van der Waals surface area contributed by atoms with Gasteiger partial charge in [-0.15, -0.1) is 0 Å². The highest BCUT2D eigenvalue weighted by molar-refractivity contribution is 7.92. The molecule has 0 saturated heterocycles. The Hall–Kier alpha value is -2.34. The van der Waals surface area contributed by atoms with Crippen molar-refractivity contribution in [1.29, 1.82) is 0 Å². The summed E-state index contributed by atoms with van der Waals surface area (Å²) >= 11 is 0. The normalized spacial score (nSPS) is 11.4. The molecule has 5 nitrogen and oxygen atoms in total. The van der Waals surface area contributed by atoms with E-state index < -0.39 is 10.0 Å². The van der Waals surface area contributed by atoms with Crippen LogP contribution in [0.15, 0.2) is 47.4 Å².